The molecule has 1 saturated heterocycles. The Morgan fingerprint density at radius 1 is 0.966 bits per heavy atom. The minimum absolute atomic E-state index is 0.0105. The molecule has 1 fully saturated rings. The summed E-state index contributed by atoms with van der Waals surface area (Å²) in [7, 11) is 0. The summed E-state index contributed by atoms with van der Waals surface area (Å²) in [6.07, 6.45) is 3.74. The van der Waals surface area contributed by atoms with E-state index in [0.717, 1.165) is 31.4 Å². The smallest absolute Gasteiger partial charge is 0.225 e. The monoisotopic (exact) mass is 394 g/mol. The van der Waals surface area contributed by atoms with Crippen molar-refractivity contribution in [1.82, 2.24) is 10.2 Å². The molecular formula is C24H30N2O3. The van der Waals surface area contributed by atoms with E-state index >= 15 is 0 Å². The van der Waals surface area contributed by atoms with Crippen molar-refractivity contribution >= 4 is 11.8 Å². The van der Waals surface area contributed by atoms with E-state index in [9.17, 15) is 9.59 Å². The van der Waals surface area contributed by atoms with Gasteiger partial charge >= 0.3 is 0 Å². The van der Waals surface area contributed by atoms with Gasteiger partial charge in [0.1, 0.15) is 5.75 Å². The molecule has 5 heteroatoms. The molecule has 0 aliphatic carbocycles. The van der Waals surface area contributed by atoms with Crippen molar-refractivity contribution in [1.29, 1.82) is 0 Å². The number of hydrogen-bond donors (Lipinski definition) is 1. The molecule has 0 atom stereocenters. The minimum atomic E-state index is 0.0105. The fourth-order valence-electron chi connectivity index (χ4n) is 3.62. The van der Waals surface area contributed by atoms with Crippen LogP contribution in [0.3, 0.4) is 0 Å². The molecule has 29 heavy (non-hydrogen) atoms. The lowest BCUT2D eigenvalue weighted by Crippen LogP contribution is -2.43. The predicted molar refractivity (Wildman–Crippen MR) is 114 cm³/mol. The maximum Gasteiger partial charge on any atom is 0.225 e. The van der Waals surface area contributed by atoms with Gasteiger partial charge < -0.3 is 15.0 Å². The quantitative estimate of drug-likeness (QED) is 0.663. The van der Waals surface area contributed by atoms with Crippen molar-refractivity contribution in [3.8, 4) is 5.75 Å². The van der Waals surface area contributed by atoms with Crippen molar-refractivity contribution in [2.45, 2.75) is 32.1 Å². The molecule has 1 aliphatic heterocycles. The summed E-state index contributed by atoms with van der Waals surface area (Å²) < 4.78 is 5.60. The van der Waals surface area contributed by atoms with Crippen molar-refractivity contribution in [2.24, 2.45) is 5.92 Å². The summed E-state index contributed by atoms with van der Waals surface area (Å²) >= 11 is 0. The van der Waals surface area contributed by atoms with Crippen LogP contribution in [0.1, 0.15) is 31.2 Å². The molecule has 154 valence electrons. The Hall–Kier alpha value is -2.82. The molecule has 2 aromatic rings. The number of nitrogens with one attached hydrogen (secondary N) is 1. The number of nitrogens with zero attached hydrogens (tertiary/aromatic N) is 1. The van der Waals surface area contributed by atoms with Gasteiger partial charge in [-0.25, -0.2) is 0 Å². The maximum absolute atomic E-state index is 12.4. The zero-order valence-electron chi connectivity index (χ0n) is 16.9. The number of amides is 2. The number of benzene rings is 2. The lowest BCUT2D eigenvalue weighted by atomic mass is 9.95. The normalized spacial score (nSPS) is 14.4. The molecule has 2 amide bonds. The molecule has 1 aliphatic rings. The number of carbonyl (C=O) groups is 2. The number of carbonyl (C=O) groups excluding carboxylic acids is 2. The zero-order chi connectivity index (χ0) is 20.3. The second kappa shape index (κ2) is 11.2. The van der Waals surface area contributed by atoms with Crippen LogP contribution in [0.4, 0.5) is 0 Å². The van der Waals surface area contributed by atoms with Crippen LogP contribution < -0.4 is 10.1 Å². The number of hydrogen-bond acceptors (Lipinski definition) is 3. The highest BCUT2D eigenvalue weighted by Crippen LogP contribution is 2.18. The molecule has 5 nitrogen and oxygen atoms in total. The number of likely N-dealkylation sites (tertiary alicyclic amines) is 1. The molecule has 1 heterocycles. The highest BCUT2D eigenvalue weighted by atomic mass is 16.5. The third kappa shape index (κ3) is 6.93. The first-order chi connectivity index (χ1) is 14.2. The van der Waals surface area contributed by atoms with Crippen molar-refractivity contribution in [3.63, 3.8) is 0 Å². The summed E-state index contributed by atoms with van der Waals surface area (Å²) in [5, 5.41) is 3.06. The molecule has 1 N–H and O–H groups in total. The Morgan fingerprint density at radius 2 is 1.62 bits per heavy atom. The van der Waals surface area contributed by atoms with Gasteiger partial charge in [-0.15, -0.1) is 0 Å². The van der Waals surface area contributed by atoms with Crippen LogP contribution in [0.2, 0.25) is 0 Å². The molecule has 0 spiro atoms. The van der Waals surface area contributed by atoms with Gasteiger partial charge in [0.15, 0.2) is 0 Å². The Balaban J connectivity index is 1.28. The molecule has 0 saturated carbocycles. The molecule has 0 radical (unpaired) electrons. The maximum atomic E-state index is 12.4. The number of ether oxygens (including phenoxy) is 1. The third-order valence-electron chi connectivity index (χ3n) is 5.33. The second-order valence-electron chi connectivity index (χ2n) is 7.45. The van der Waals surface area contributed by atoms with E-state index < -0.39 is 0 Å². The topological polar surface area (TPSA) is 58.6 Å². The standard InChI is InChI=1S/C24H30N2O3/c27-23(15-19-29-22-11-5-2-6-12-22)26-17-13-21(14-18-26)24(28)25-16-7-10-20-8-3-1-4-9-20/h1-6,8-9,11-12,21H,7,10,13-19H2,(H,25,28). The number of piperidine rings is 1. The van der Waals surface area contributed by atoms with Crippen molar-refractivity contribution < 1.29 is 14.3 Å². The highest BCUT2D eigenvalue weighted by molar-refractivity contribution is 5.80. The number of rotatable bonds is 9. The Kier molecular flexibility index (Phi) is 8.11. The molecule has 0 aromatic heterocycles. The van der Waals surface area contributed by atoms with Gasteiger partial charge in [-0.1, -0.05) is 48.5 Å². The summed E-state index contributed by atoms with van der Waals surface area (Å²) in [5.41, 5.74) is 1.30. The number of para-hydroxylation sites is 1. The van der Waals surface area contributed by atoms with Crippen molar-refractivity contribution in [2.75, 3.05) is 26.2 Å². The first-order valence-electron chi connectivity index (χ1n) is 10.5. The molecule has 3 rings (SSSR count). The summed E-state index contributed by atoms with van der Waals surface area (Å²) in [5.74, 6) is 1.01. The first kappa shape index (κ1) is 20.9. The average Bonchev–Trinajstić information content (AvgIpc) is 2.78. The van der Waals surface area contributed by atoms with Gasteiger partial charge in [-0.05, 0) is 43.4 Å². The van der Waals surface area contributed by atoms with E-state index in [1.807, 2.05) is 53.4 Å². The molecule has 0 unspecified atom stereocenters. The van der Waals surface area contributed by atoms with Crippen LogP contribution in [0, 0.1) is 5.92 Å². The van der Waals surface area contributed by atoms with E-state index in [4.69, 9.17) is 4.74 Å². The number of aryl methyl sites for hydroxylation is 1. The SMILES string of the molecule is O=C(NCCCc1ccccc1)C1CCN(C(=O)CCOc2ccccc2)CC1. The summed E-state index contributed by atoms with van der Waals surface area (Å²) in [4.78, 5) is 26.6. The van der Waals surface area contributed by atoms with Gasteiger partial charge in [0.05, 0.1) is 13.0 Å². The van der Waals surface area contributed by atoms with Crippen LogP contribution in [-0.2, 0) is 16.0 Å². The van der Waals surface area contributed by atoms with Crippen molar-refractivity contribution in [3.05, 3.63) is 66.2 Å². The Labute approximate surface area is 173 Å². The van der Waals surface area contributed by atoms with Gasteiger partial charge in [0, 0.05) is 25.6 Å². The van der Waals surface area contributed by atoms with Crippen LogP contribution in [0.15, 0.2) is 60.7 Å². The van der Waals surface area contributed by atoms with Crippen LogP contribution in [-0.4, -0.2) is 43.0 Å². The summed E-state index contributed by atoms with van der Waals surface area (Å²) in [6, 6.07) is 19.8. The third-order valence-corrected chi connectivity index (χ3v) is 5.33. The largest absolute Gasteiger partial charge is 0.493 e. The van der Waals surface area contributed by atoms with E-state index in [1.165, 1.54) is 5.56 Å². The van der Waals surface area contributed by atoms with Crippen LogP contribution in [0.5, 0.6) is 5.75 Å². The van der Waals surface area contributed by atoms with Crippen LogP contribution >= 0.6 is 0 Å². The van der Waals surface area contributed by atoms with E-state index in [0.29, 0.717) is 32.7 Å². The Morgan fingerprint density at radius 3 is 2.31 bits per heavy atom. The van der Waals surface area contributed by atoms with Crippen LogP contribution in [0.25, 0.3) is 0 Å². The fourth-order valence-corrected chi connectivity index (χ4v) is 3.62. The average molecular weight is 395 g/mol. The molecule has 2 aromatic carbocycles. The lowest BCUT2D eigenvalue weighted by molar-refractivity contribution is -0.136. The predicted octanol–water partition coefficient (Wildman–Crippen LogP) is 3.44. The molecule has 0 bridgehead atoms. The first-order valence-corrected chi connectivity index (χ1v) is 10.5. The lowest BCUT2D eigenvalue weighted by Gasteiger charge is -2.31. The van der Waals surface area contributed by atoms with Gasteiger partial charge in [-0.3, -0.25) is 9.59 Å². The van der Waals surface area contributed by atoms with E-state index in [2.05, 4.69) is 17.4 Å². The molecular weight excluding hydrogens is 364 g/mol. The summed E-state index contributed by atoms with van der Waals surface area (Å²) in [6.45, 7) is 2.37. The highest BCUT2D eigenvalue weighted by Gasteiger charge is 2.26. The van der Waals surface area contributed by atoms with E-state index in [1.54, 1.807) is 0 Å². The fraction of sp³-hybridized carbons (Fsp3) is 0.417. The zero-order valence-corrected chi connectivity index (χ0v) is 16.9. The minimum Gasteiger partial charge on any atom is -0.493 e. The Bertz CT molecular complexity index is 756. The second-order valence-corrected chi connectivity index (χ2v) is 7.45. The van der Waals surface area contributed by atoms with Gasteiger partial charge in [0.25, 0.3) is 0 Å². The van der Waals surface area contributed by atoms with Gasteiger partial charge in [0.2, 0.25) is 11.8 Å². The van der Waals surface area contributed by atoms with E-state index in [-0.39, 0.29) is 17.7 Å². The van der Waals surface area contributed by atoms with Gasteiger partial charge in [-0.2, -0.15) is 0 Å².